The molecule has 2 fully saturated rings. The second kappa shape index (κ2) is 5.66. The fourth-order valence-electron chi connectivity index (χ4n) is 3.73. The van der Waals surface area contributed by atoms with E-state index in [-0.39, 0.29) is 5.91 Å². The van der Waals surface area contributed by atoms with E-state index in [0.29, 0.717) is 41.9 Å². The molecule has 0 bridgehead atoms. The number of likely N-dealkylation sites (tertiary alicyclic amines) is 1. The molecule has 5 rings (SSSR count). The molecule has 3 heterocycles. The zero-order valence-electron chi connectivity index (χ0n) is 14.4. The van der Waals surface area contributed by atoms with Gasteiger partial charge in [0.25, 0.3) is 5.91 Å². The number of hydrogen-bond acceptors (Lipinski definition) is 5. The fourth-order valence-corrected chi connectivity index (χ4v) is 3.90. The highest BCUT2D eigenvalue weighted by atomic mass is 35.5. The summed E-state index contributed by atoms with van der Waals surface area (Å²) in [7, 11) is 1.53. The standard InChI is InChI=1S/C19H18ClN3O3/c1-25-16-6-12(20)4-5-13(16)18(24)23-9-19(10-23)14-7-21-17(11-2-3-11)22-15(14)8-26-19/h4-7,11H,2-3,8-10H2,1H3. The van der Waals surface area contributed by atoms with Gasteiger partial charge in [0.2, 0.25) is 0 Å². The fraction of sp³-hybridized carbons (Fsp3) is 0.421. The van der Waals surface area contributed by atoms with Crippen LogP contribution in [0.3, 0.4) is 0 Å². The van der Waals surface area contributed by atoms with Gasteiger partial charge in [-0.05, 0) is 31.0 Å². The summed E-state index contributed by atoms with van der Waals surface area (Å²) in [6.07, 6.45) is 4.25. The van der Waals surface area contributed by atoms with Crippen molar-refractivity contribution in [3.63, 3.8) is 0 Å². The van der Waals surface area contributed by atoms with Gasteiger partial charge in [-0.15, -0.1) is 0 Å². The Morgan fingerprint density at radius 3 is 2.92 bits per heavy atom. The number of ether oxygens (including phenoxy) is 2. The molecule has 0 N–H and O–H groups in total. The number of fused-ring (bicyclic) bond motifs is 2. The van der Waals surface area contributed by atoms with E-state index in [0.717, 1.165) is 17.1 Å². The highest BCUT2D eigenvalue weighted by Gasteiger charge is 2.53. The quantitative estimate of drug-likeness (QED) is 0.830. The lowest BCUT2D eigenvalue weighted by molar-refractivity contribution is -0.126. The van der Waals surface area contributed by atoms with Crippen molar-refractivity contribution in [2.24, 2.45) is 0 Å². The van der Waals surface area contributed by atoms with Gasteiger partial charge in [-0.25, -0.2) is 9.97 Å². The van der Waals surface area contributed by atoms with E-state index in [1.165, 1.54) is 20.0 Å². The predicted molar refractivity (Wildman–Crippen MR) is 94.4 cm³/mol. The van der Waals surface area contributed by atoms with E-state index >= 15 is 0 Å². The Bertz CT molecular complexity index is 907. The summed E-state index contributed by atoms with van der Waals surface area (Å²) in [5.74, 6) is 1.85. The molecule has 1 saturated carbocycles. The Balaban J connectivity index is 1.36. The monoisotopic (exact) mass is 371 g/mol. The van der Waals surface area contributed by atoms with Crippen LogP contribution in [0, 0.1) is 0 Å². The van der Waals surface area contributed by atoms with Crippen molar-refractivity contribution in [2.75, 3.05) is 20.2 Å². The third-order valence-corrected chi connectivity index (χ3v) is 5.61. The van der Waals surface area contributed by atoms with Crippen LogP contribution in [0.4, 0.5) is 0 Å². The minimum Gasteiger partial charge on any atom is -0.496 e. The van der Waals surface area contributed by atoms with E-state index in [2.05, 4.69) is 9.97 Å². The summed E-state index contributed by atoms with van der Waals surface area (Å²) in [4.78, 5) is 23.8. The largest absolute Gasteiger partial charge is 0.496 e. The molecule has 1 aromatic carbocycles. The second-order valence-corrected chi connectivity index (χ2v) is 7.59. The Morgan fingerprint density at radius 2 is 2.19 bits per heavy atom. The SMILES string of the molecule is COc1cc(Cl)ccc1C(=O)N1CC2(C1)OCc1nc(C3CC3)ncc12. The molecule has 1 aromatic heterocycles. The van der Waals surface area contributed by atoms with Crippen molar-refractivity contribution in [3.8, 4) is 5.75 Å². The zero-order valence-corrected chi connectivity index (χ0v) is 15.1. The van der Waals surface area contributed by atoms with Gasteiger partial charge in [-0.2, -0.15) is 0 Å². The number of carbonyl (C=O) groups is 1. The second-order valence-electron chi connectivity index (χ2n) is 7.15. The van der Waals surface area contributed by atoms with Crippen molar-refractivity contribution < 1.29 is 14.3 Å². The van der Waals surface area contributed by atoms with Crippen LogP contribution < -0.4 is 4.74 Å². The number of amides is 1. The summed E-state index contributed by atoms with van der Waals surface area (Å²) >= 11 is 5.98. The molecular formula is C19H18ClN3O3. The lowest BCUT2D eigenvalue weighted by Crippen LogP contribution is -2.61. The van der Waals surface area contributed by atoms with Gasteiger partial charge in [-0.3, -0.25) is 4.79 Å². The van der Waals surface area contributed by atoms with Crippen molar-refractivity contribution in [1.82, 2.24) is 14.9 Å². The molecule has 7 heteroatoms. The minimum atomic E-state index is -0.466. The number of nitrogens with zero attached hydrogens (tertiary/aromatic N) is 3. The van der Waals surface area contributed by atoms with Crippen LogP contribution in [0.25, 0.3) is 0 Å². The van der Waals surface area contributed by atoms with Gasteiger partial charge >= 0.3 is 0 Å². The molecular weight excluding hydrogens is 354 g/mol. The first-order chi connectivity index (χ1) is 12.6. The molecule has 1 spiro atoms. The highest BCUT2D eigenvalue weighted by molar-refractivity contribution is 6.30. The maximum absolute atomic E-state index is 12.8. The average Bonchev–Trinajstić information content (AvgIpc) is 3.40. The van der Waals surface area contributed by atoms with E-state index in [4.69, 9.17) is 21.1 Å². The average molecular weight is 372 g/mol. The molecule has 1 amide bonds. The molecule has 134 valence electrons. The molecule has 6 nitrogen and oxygen atoms in total. The smallest absolute Gasteiger partial charge is 0.257 e. The van der Waals surface area contributed by atoms with Crippen LogP contribution in [0.2, 0.25) is 5.02 Å². The van der Waals surface area contributed by atoms with Crippen LogP contribution in [0.5, 0.6) is 5.75 Å². The Kier molecular flexibility index (Phi) is 3.49. The Morgan fingerprint density at radius 1 is 1.38 bits per heavy atom. The summed E-state index contributed by atoms with van der Waals surface area (Å²) in [5, 5.41) is 0.537. The van der Waals surface area contributed by atoms with Crippen molar-refractivity contribution in [1.29, 1.82) is 0 Å². The number of rotatable bonds is 3. The lowest BCUT2D eigenvalue weighted by atomic mass is 9.87. The molecule has 2 aliphatic heterocycles. The van der Waals surface area contributed by atoms with Crippen LogP contribution in [-0.4, -0.2) is 41.0 Å². The highest BCUT2D eigenvalue weighted by Crippen LogP contribution is 2.45. The number of methoxy groups -OCH3 is 1. The molecule has 0 radical (unpaired) electrons. The topological polar surface area (TPSA) is 64.5 Å². The first-order valence-corrected chi connectivity index (χ1v) is 9.10. The van der Waals surface area contributed by atoms with E-state index in [1.807, 2.05) is 6.20 Å². The lowest BCUT2D eigenvalue weighted by Gasteiger charge is -2.47. The maximum atomic E-state index is 12.8. The molecule has 0 atom stereocenters. The summed E-state index contributed by atoms with van der Waals surface area (Å²) in [6, 6.07) is 5.05. The van der Waals surface area contributed by atoms with Gasteiger partial charge in [0, 0.05) is 22.7 Å². The van der Waals surface area contributed by atoms with Gasteiger partial charge in [0.15, 0.2) is 0 Å². The number of benzene rings is 1. The molecule has 1 saturated heterocycles. The van der Waals surface area contributed by atoms with Crippen molar-refractivity contribution in [2.45, 2.75) is 31.0 Å². The van der Waals surface area contributed by atoms with Crippen LogP contribution in [0.15, 0.2) is 24.4 Å². The van der Waals surface area contributed by atoms with Gasteiger partial charge in [-0.1, -0.05) is 11.6 Å². The number of carbonyl (C=O) groups excluding carboxylic acids is 1. The van der Waals surface area contributed by atoms with Crippen molar-refractivity contribution >= 4 is 17.5 Å². The number of hydrogen-bond donors (Lipinski definition) is 0. The van der Waals surface area contributed by atoms with Gasteiger partial charge in [0.05, 0.1) is 38.1 Å². The molecule has 26 heavy (non-hydrogen) atoms. The van der Waals surface area contributed by atoms with E-state index in [1.54, 1.807) is 23.1 Å². The molecule has 3 aliphatic rings. The normalized spacial score (nSPS) is 20.0. The van der Waals surface area contributed by atoms with Gasteiger partial charge in [0.1, 0.15) is 17.2 Å². The maximum Gasteiger partial charge on any atom is 0.257 e. The first kappa shape index (κ1) is 16.0. The Hall–Kier alpha value is -2.18. The summed E-state index contributed by atoms with van der Waals surface area (Å²) < 4.78 is 11.3. The third kappa shape index (κ3) is 2.40. The molecule has 0 unspecified atom stereocenters. The first-order valence-electron chi connectivity index (χ1n) is 8.73. The number of halogens is 1. The van der Waals surface area contributed by atoms with E-state index in [9.17, 15) is 4.79 Å². The van der Waals surface area contributed by atoms with Crippen LogP contribution in [-0.2, 0) is 16.9 Å². The van der Waals surface area contributed by atoms with Crippen LogP contribution in [0.1, 0.15) is 46.2 Å². The third-order valence-electron chi connectivity index (χ3n) is 5.38. The Labute approximate surface area is 156 Å². The summed E-state index contributed by atoms with van der Waals surface area (Å²) in [5.41, 5.74) is 2.03. The van der Waals surface area contributed by atoms with Gasteiger partial charge < -0.3 is 14.4 Å². The van der Waals surface area contributed by atoms with Crippen molar-refractivity contribution in [3.05, 3.63) is 52.1 Å². The number of aromatic nitrogens is 2. The summed E-state index contributed by atoms with van der Waals surface area (Å²) in [6.45, 7) is 1.48. The molecule has 1 aliphatic carbocycles. The molecule has 2 aromatic rings. The minimum absolute atomic E-state index is 0.0864. The van der Waals surface area contributed by atoms with Crippen LogP contribution >= 0.6 is 11.6 Å². The zero-order chi connectivity index (χ0) is 17.9. The van der Waals surface area contributed by atoms with E-state index < -0.39 is 5.60 Å². The predicted octanol–water partition coefficient (Wildman–Crippen LogP) is 2.90.